The van der Waals surface area contributed by atoms with E-state index in [2.05, 4.69) is 5.32 Å². The van der Waals surface area contributed by atoms with E-state index in [0.717, 1.165) is 22.7 Å². The van der Waals surface area contributed by atoms with Gasteiger partial charge in [-0.05, 0) is 65.4 Å². The third kappa shape index (κ3) is 6.20. The number of nitrogens with one attached hydrogen (secondary N) is 1. The molecule has 0 aromatic heterocycles. The van der Waals surface area contributed by atoms with Crippen LogP contribution in [0.15, 0.2) is 65.6 Å². The van der Waals surface area contributed by atoms with Gasteiger partial charge in [0.1, 0.15) is 11.6 Å². The van der Waals surface area contributed by atoms with Gasteiger partial charge in [0.15, 0.2) is 6.61 Å². The lowest BCUT2D eigenvalue weighted by Gasteiger charge is -2.13. The van der Waals surface area contributed by atoms with E-state index in [4.69, 9.17) is 39.5 Å². The molecule has 1 aliphatic rings. The van der Waals surface area contributed by atoms with Gasteiger partial charge in [-0.1, -0.05) is 59.1 Å². The van der Waals surface area contributed by atoms with Crippen molar-refractivity contribution >= 4 is 75.4 Å². The number of imide groups is 1. The van der Waals surface area contributed by atoms with Crippen molar-refractivity contribution in [2.45, 2.75) is 6.54 Å². The van der Waals surface area contributed by atoms with Gasteiger partial charge in [0.25, 0.3) is 17.1 Å². The van der Waals surface area contributed by atoms with E-state index in [1.807, 2.05) is 0 Å². The zero-order valence-corrected chi connectivity index (χ0v) is 21.3. The van der Waals surface area contributed by atoms with Gasteiger partial charge in [0, 0.05) is 5.02 Å². The highest BCUT2D eigenvalue weighted by molar-refractivity contribution is 8.18. The molecule has 1 saturated heterocycles. The normalized spacial score (nSPS) is 14.4. The molecule has 1 N–H and O–H groups in total. The fourth-order valence-electron chi connectivity index (χ4n) is 3.22. The average molecular weight is 566 g/mol. The predicted molar refractivity (Wildman–Crippen MR) is 140 cm³/mol. The number of amides is 3. The van der Waals surface area contributed by atoms with Crippen LogP contribution in [0.4, 0.5) is 14.9 Å². The van der Waals surface area contributed by atoms with E-state index in [1.54, 1.807) is 42.5 Å². The summed E-state index contributed by atoms with van der Waals surface area (Å²) in [7, 11) is 0. The predicted octanol–water partition coefficient (Wildman–Crippen LogP) is 7.04. The molecule has 0 bridgehead atoms. The van der Waals surface area contributed by atoms with Crippen LogP contribution < -0.4 is 10.1 Å². The van der Waals surface area contributed by atoms with Gasteiger partial charge in [-0.3, -0.25) is 19.3 Å². The Labute approximate surface area is 225 Å². The van der Waals surface area contributed by atoms with Crippen molar-refractivity contribution in [3.05, 3.63) is 97.6 Å². The summed E-state index contributed by atoms with van der Waals surface area (Å²) in [5, 5.41) is 2.92. The topological polar surface area (TPSA) is 75.7 Å². The molecular formula is C25H16Cl3FN2O4S. The smallest absolute Gasteiger partial charge is 0.293 e. The zero-order chi connectivity index (χ0) is 25.8. The molecule has 1 heterocycles. The van der Waals surface area contributed by atoms with Gasteiger partial charge in [-0.2, -0.15) is 0 Å². The first-order valence-electron chi connectivity index (χ1n) is 10.4. The summed E-state index contributed by atoms with van der Waals surface area (Å²) in [6.45, 7) is -0.375. The zero-order valence-electron chi connectivity index (χ0n) is 18.3. The Morgan fingerprint density at radius 1 is 1.00 bits per heavy atom. The van der Waals surface area contributed by atoms with E-state index < -0.39 is 22.9 Å². The van der Waals surface area contributed by atoms with Gasteiger partial charge in [0.05, 0.1) is 27.2 Å². The third-order valence-electron chi connectivity index (χ3n) is 4.98. The molecule has 0 spiro atoms. The van der Waals surface area contributed by atoms with Crippen LogP contribution in [0, 0.1) is 5.82 Å². The molecule has 6 nitrogen and oxygen atoms in total. The van der Waals surface area contributed by atoms with Crippen molar-refractivity contribution < 1.29 is 23.5 Å². The summed E-state index contributed by atoms with van der Waals surface area (Å²) in [5.74, 6) is -1.17. The summed E-state index contributed by atoms with van der Waals surface area (Å²) in [5.41, 5.74) is 1.47. The maximum Gasteiger partial charge on any atom is 0.293 e. The molecule has 0 radical (unpaired) electrons. The van der Waals surface area contributed by atoms with Crippen LogP contribution in [0.1, 0.15) is 11.1 Å². The molecule has 3 aromatic carbocycles. The maximum atomic E-state index is 13.3. The van der Waals surface area contributed by atoms with Crippen molar-refractivity contribution in [2.24, 2.45) is 0 Å². The van der Waals surface area contributed by atoms with Gasteiger partial charge in [-0.25, -0.2) is 4.39 Å². The summed E-state index contributed by atoms with van der Waals surface area (Å²) in [6, 6.07) is 15.3. The molecule has 0 saturated carbocycles. The lowest BCUT2D eigenvalue weighted by Crippen LogP contribution is -2.27. The van der Waals surface area contributed by atoms with Gasteiger partial charge in [0.2, 0.25) is 0 Å². The Hall–Kier alpha value is -3.04. The molecule has 3 aromatic rings. The molecule has 11 heteroatoms. The lowest BCUT2D eigenvalue weighted by molar-refractivity contribution is -0.123. The van der Waals surface area contributed by atoms with Crippen LogP contribution in [0.25, 0.3) is 6.08 Å². The minimum absolute atomic E-state index is 0.0785. The number of anilines is 1. The Morgan fingerprint density at radius 3 is 2.50 bits per heavy atom. The number of carbonyl (C=O) groups excluding carboxylic acids is 3. The van der Waals surface area contributed by atoms with Crippen LogP contribution in [-0.4, -0.2) is 28.6 Å². The fraction of sp³-hybridized carbons (Fsp3) is 0.0800. The Bertz CT molecular complexity index is 1400. The second-order valence-electron chi connectivity index (χ2n) is 7.51. The molecule has 3 amide bonds. The number of rotatable bonds is 7. The van der Waals surface area contributed by atoms with Gasteiger partial charge in [-0.15, -0.1) is 0 Å². The number of halogens is 4. The highest BCUT2D eigenvalue weighted by Gasteiger charge is 2.35. The van der Waals surface area contributed by atoms with Crippen molar-refractivity contribution in [3.8, 4) is 5.75 Å². The first-order chi connectivity index (χ1) is 17.2. The Kier molecular flexibility index (Phi) is 8.21. The highest BCUT2D eigenvalue weighted by atomic mass is 35.5. The largest absolute Gasteiger partial charge is 0.482 e. The highest BCUT2D eigenvalue weighted by Crippen LogP contribution is 2.35. The average Bonchev–Trinajstić information content (AvgIpc) is 3.09. The Balaban J connectivity index is 1.40. The first-order valence-corrected chi connectivity index (χ1v) is 12.3. The van der Waals surface area contributed by atoms with E-state index >= 15 is 0 Å². The molecular weight excluding hydrogens is 550 g/mol. The van der Waals surface area contributed by atoms with Crippen molar-refractivity contribution in [1.82, 2.24) is 4.90 Å². The van der Waals surface area contributed by atoms with Crippen molar-refractivity contribution in [1.29, 1.82) is 0 Å². The molecule has 0 aliphatic carbocycles. The quantitative estimate of drug-likeness (QED) is 0.311. The van der Waals surface area contributed by atoms with Crippen LogP contribution in [0.3, 0.4) is 0 Å². The van der Waals surface area contributed by atoms with Gasteiger partial charge >= 0.3 is 0 Å². The monoisotopic (exact) mass is 564 g/mol. The SMILES string of the molecule is O=C(COc1ccc(/C=C2\SC(=O)N(Cc3ccc(F)cc3Cl)C2=O)cc1Cl)Nc1ccccc1Cl. The minimum atomic E-state index is -0.511. The number of nitrogens with zero attached hydrogens (tertiary/aromatic N) is 1. The minimum Gasteiger partial charge on any atom is -0.482 e. The summed E-state index contributed by atoms with van der Waals surface area (Å²) < 4.78 is 18.8. The molecule has 4 rings (SSSR count). The summed E-state index contributed by atoms with van der Waals surface area (Å²) in [6.07, 6.45) is 1.52. The molecule has 36 heavy (non-hydrogen) atoms. The fourth-order valence-corrected chi connectivity index (χ4v) is 4.72. The number of hydrogen-bond acceptors (Lipinski definition) is 5. The summed E-state index contributed by atoms with van der Waals surface area (Å²) >= 11 is 19.1. The third-order valence-corrected chi connectivity index (χ3v) is 6.86. The number of hydrogen-bond donors (Lipinski definition) is 1. The van der Waals surface area contributed by atoms with Crippen molar-refractivity contribution in [3.63, 3.8) is 0 Å². The standard InChI is InChI=1S/C25H16Cl3FN2O4S/c26-17-3-1-2-4-20(17)30-23(32)13-35-21-8-5-14(9-19(21)28)10-22-24(33)31(25(34)36-22)12-15-6-7-16(29)11-18(15)27/h1-11H,12-13H2,(H,30,32)/b22-10-. The van der Waals surface area contributed by atoms with E-state index in [1.165, 1.54) is 18.2 Å². The number of thioether (sulfide) groups is 1. The van der Waals surface area contributed by atoms with Crippen LogP contribution >= 0.6 is 46.6 Å². The number of benzene rings is 3. The lowest BCUT2D eigenvalue weighted by atomic mass is 10.2. The van der Waals surface area contributed by atoms with Crippen LogP contribution in [0.5, 0.6) is 5.75 Å². The first kappa shape index (κ1) is 26.0. The number of para-hydroxylation sites is 1. The van der Waals surface area contributed by atoms with Crippen LogP contribution in [-0.2, 0) is 16.1 Å². The summed E-state index contributed by atoms with van der Waals surface area (Å²) in [4.78, 5) is 38.6. The second kappa shape index (κ2) is 11.3. The van der Waals surface area contributed by atoms with E-state index in [9.17, 15) is 18.8 Å². The number of carbonyl (C=O) groups is 3. The molecule has 1 fully saturated rings. The van der Waals surface area contributed by atoms with Crippen molar-refractivity contribution in [2.75, 3.05) is 11.9 Å². The molecule has 184 valence electrons. The van der Waals surface area contributed by atoms with Gasteiger partial charge < -0.3 is 10.1 Å². The maximum absolute atomic E-state index is 13.3. The second-order valence-corrected chi connectivity index (χ2v) is 9.72. The Morgan fingerprint density at radius 2 is 1.78 bits per heavy atom. The molecule has 0 atom stereocenters. The van der Waals surface area contributed by atoms with Crippen LogP contribution in [0.2, 0.25) is 15.1 Å². The molecule has 1 aliphatic heterocycles. The van der Waals surface area contributed by atoms with E-state index in [0.29, 0.717) is 21.8 Å². The van der Waals surface area contributed by atoms with E-state index in [-0.39, 0.29) is 33.9 Å². The molecule has 0 unspecified atom stereocenters. The number of ether oxygens (including phenoxy) is 1.